The van der Waals surface area contributed by atoms with E-state index in [0.29, 0.717) is 6.54 Å². The molecule has 0 aliphatic heterocycles. The largest absolute Gasteiger partial charge is 0.395 e. The fourth-order valence-electron chi connectivity index (χ4n) is 1.69. The van der Waals surface area contributed by atoms with E-state index in [1.165, 1.54) is 0 Å². The summed E-state index contributed by atoms with van der Waals surface area (Å²) in [5, 5.41) is 12.6. The number of nitrogens with zero attached hydrogens (tertiary/aromatic N) is 1. The van der Waals surface area contributed by atoms with Gasteiger partial charge in [-0.25, -0.2) is 0 Å². The van der Waals surface area contributed by atoms with Gasteiger partial charge in [0.2, 0.25) is 0 Å². The van der Waals surface area contributed by atoms with Gasteiger partial charge in [0.05, 0.1) is 12.3 Å². The van der Waals surface area contributed by atoms with Gasteiger partial charge in [-0.2, -0.15) is 0 Å². The highest BCUT2D eigenvalue weighted by molar-refractivity contribution is 5.03. The first-order valence-corrected chi connectivity index (χ1v) is 5.75. The van der Waals surface area contributed by atoms with Crippen LogP contribution in [-0.2, 0) is 6.54 Å². The van der Waals surface area contributed by atoms with Crippen LogP contribution < -0.4 is 5.32 Å². The lowest BCUT2D eigenvalue weighted by Gasteiger charge is -2.25. The van der Waals surface area contributed by atoms with Crippen LogP contribution in [0.5, 0.6) is 0 Å². The van der Waals surface area contributed by atoms with Gasteiger partial charge >= 0.3 is 0 Å². The highest BCUT2D eigenvalue weighted by Gasteiger charge is 2.17. The standard InChI is InChI=1S/C13H22N2O/c1-13(2,3)8-12(10-16)15-9-11-6-4-5-7-14-11/h4-7,12,15-16H,8-10H2,1-3H3. The zero-order valence-corrected chi connectivity index (χ0v) is 10.4. The van der Waals surface area contributed by atoms with Crippen molar-refractivity contribution in [2.45, 2.75) is 39.8 Å². The molecule has 1 unspecified atom stereocenters. The first-order chi connectivity index (χ1) is 7.51. The summed E-state index contributed by atoms with van der Waals surface area (Å²) in [7, 11) is 0. The van der Waals surface area contributed by atoms with E-state index in [1.807, 2.05) is 18.2 Å². The second-order valence-electron chi connectivity index (χ2n) is 5.35. The molecule has 0 radical (unpaired) electrons. The molecule has 0 bridgehead atoms. The fraction of sp³-hybridized carbons (Fsp3) is 0.615. The van der Waals surface area contributed by atoms with E-state index in [1.54, 1.807) is 6.20 Å². The monoisotopic (exact) mass is 222 g/mol. The number of aliphatic hydroxyl groups is 1. The summed E-state index contributed by atoms with van der Waals surface area (Å²) in [6, 6.07) is 6.00. The summed E-state index contributed by atoms with van der Waals surface area (Å²) in [5.41, 5.74) is 1.24. The molecule has 3 heteroatoms. The number of hydrogen-bond acceptors (Lipinski definition) is 3. The Morgan fingerprint density at radius 1 is 1.38 bits per heavy atom. The Bertz CT molecular complexity index is 293. The summed E-state index contributed by atoms with van der Waals surface area (Å²) in [6.45, 7) is 7.42. The minimum absolute atomic E-state index is 0.141. The van der Waals surface area contributed by atoms with E-state index in [4.69, 9.17) is 0 Å². The molecule has 90 valence electrons. The molecule has 3 nitrogen and oxygen atoms in total. The van der Waals surface area contributed by atoms with Crippen molar-refractivity contribution in [2.24, 2.45) is 5.41 Å². The molecule has 0 fully saturated rings. The Labute approximate surface area is 97.9 Å². The maximum absolute atomic E-state index is 9.28. The number of pyridine rings is 1. The van der Waals surface area contributed by atoms with Gasteiger partial charge in [-0.1, -0.05) is 26.8 Å². The van der Waals surface area contributed by atoms with Crippen molar-refractivity contribution in [1.82, 2.24) is 10.3 Å². The van der Waals surface area contributed by atoms with E-state index in [2.05, 4.69) is 31.1 Å². The van der Waals surface area contributed by atoms with Gasteiger partial charge in [-0.3, -0.25) is 4.98 Å². The van der Waals surface area contributed by atoms with Crippen LogP contribution in [0.2, 0.25) is 0 Å². The molecule has 0 aliphatic rings. The molecule has 1 atom stereocenters. The zero-order chi connectivity index (χ0) is 12.0. The van der Waals surface area contributed by atoms with Crippen LogP contribution in [0.1, 0.15) is 32.9 Å². The molecule has 2 N–H and O–H groups in total. The van der Waals surface area contributed by atoms with Crippen molar-refractivity contribution >= 4 is 0 Å². The molecule has 0 spiro atoms. The molecule has 1 rings (SSSR count). The van der Waals surface area contributed by atoms with Gasteiger partial charge in [0.1, 0.15) is 0 Å². The third kappa shape index (κ3) is 5.24. The summed E-state index contributed by atoms with van der Waals surface area (Å²) in [4.78, 5) is 4.24. The number of hydrogen-bond donors (Lipinski definition) is 2. The molecule has 0 saturated carbocycles. The molecule has 0 aromatic carbocycles. The summed E-state index contributed by atoms with van der Waals surface area (Å²) >= 11 is 0. The van der Waals surface area contributed by atoms with Crippen molar-refractivity contribution < 1.29 is 5.11 Å². The van der Waals surface area contributed by atoms with Crippen LogP contribution in [0.25, 0.3) is 0 Å². The van der Waals surface area contributed by atoms with Crippen LogP contribution in [-0.4, -0.2) is 22.7 Å². The van der Waals surface area contributed by atoms with Crippen molar-refractivity contribution in [1.29, 1.82) is 0 Å². The number of aromatic nitrogens is 1. The van der Waals surface area contributed by atoms with E-state index < -0.39 is 0 Å². The fourth-order valence-corrected chi connectivity index (χ4v) is 1.69. The van der Waals surface area contributed by atoms with Crippen molar-refractivity contribution in [3.05, 3.63) is 30.1 Å². The normalized spacial score (nSPS) is 13.8. The Hall–Kier alpha value is -0.930. The molecular formula is C13H22N2O. The number of aliphatic hydroxyl groups excluding tert-OH is 1. The summed E-state index contributed by atoms with van der Waals surface area (Å²) < 4.78 is 0. The first-order valence-electron chi connectivity index (χ1n) is 5.75. The average Bonchev–Trinajstić information content (AvgIpc) is 2.24. The molecule has 1 aromatic heterocycles. The molecular weight excluding hydrogens is 200 g/mol. The van der Waals surface area contributed by atoms with Crippen molar-refractivity contribution in [2.75, 3.05) is 6.61 Å². The molecule has 1 heterocycles. The Balaban J connectivity index is 2.40. The van der Waals surface area contributed by atoms with Crippen LogP contribution in [0.3, 0.4) is 0 Å². The first kappa shape index (κ1) is 13.1. The van der Waals surface area contributed by atoms with Crippen molar-refractivity contribution in [3.63, 3.8) is 0 Å². The summed E-state index contributed by atoms with van der Waals surface area (Å²) in [5.74, 6) is 0. The van der Waals surface area contributed by atoms with Gasteiger partial charge in [-0.05, 0) is 24.0 Å². The third-order valence-corrected chi connectivity index (χ3v) is 2.38. The van der Waals surface area contributed by atoms with Crippen molar-refractivity contribution in [3.8, 4) is 0 Å². The maximum atomic E-state index is 9.28. The second kappa shape index (κ2) is 5.97. The Kier molecular flexibility index (Phi) is 4.90. The SMILES string of the molecule is CC(C)(C)CC(CO)NCc1ccccn1. The lowest BCUT2D eigenvalue weighted by molar-refractivity contribution is 0.197. The van der Waals surface area contributed by atoms with Crippen LogP contribution in [0.15, 0.2) is 24.4 Å². The van der Waals surface area contributed by atoms with Crippen LogP contribution >= 0.6 is 0 Å². The highest BCUT2D eigenvalue weighted by atomic mass is 16.3. The number of rotatable bonds is 5. The zero-order valence-electron chi connectivity index (χ0n) is 10.4. The van der Waals surface area contributed by atoms with Gasteiger partial charge in [0.15, 0.2) is 0 Å². The highest BCUT2D eigenvalue weighted by Crippen LogP contribution is 2.20. The lowest BCUT2D eigenvalue weighted by atomic mass is 9.88. The van der Waals surface area contributed by atoms with E-state index >= 15 is 0 Å². The molecule has 0 aliphatic carbocycles. The Morgan fingerprint density at radius 3 is 2.62 bits per heavy atom. The summed E-state index contributed by atoms with van der Waals surface area (Å²) in [6.07, 6.45) is 2.74. The lowest BCUT2D eigenvalue weighted by Crippen LogP contribution is -2.35. The number of nitrogens with one attached hydrogen (secondary N) is 1. The predicted octanol–water partition coefficient (Wildman–Crippen LogP) is 1.97. The molecule has 0 amide bonds. The third-order valence-electron chi connectivity index (χ3n) is 2.38. The molecule has 1 aromatic rings. The quantitative estimate of drug-likeness (QED) is 0.800. The Morgan fingerprint density at radius 2 is 2.12 bits per heavy atom. The van der Waals surface area contributed by atoms with Gasteiger partial charge < -0.3 is 10.4 Å². The topological polar surface area (TPSA) is 45.1 Å². The molecule has 0 saturated heterocycles. The molecule has 16 heavy (non-hydrogen) atoms. The maximum Gasteiger partial charge on any atom is 0.0584 e. The minimum Gasteiger partial charge on any atom is -0.395 e. The van der Waals surface area contributed by atoms with Gasteiger partial charge in [-0.15, -0.1) is 0 Å². The van der Waals surface area contributed by atoms with Gasteiger partial charge in [0, 0.05) is 18.8 Å². The average molecular weight is 222 g/mol. The second-order valence-corrected chi connectivity index (χ2v) is 5.35. The smallest absolute Gasteiger partial charge is 0.0584 e. The van der Waals surface area contributed by atoms with Gasteiger partial charge in [0.25, 0.3) is 0 Å². The van der Waals surface area contributed by atoms with E-state index in [9.17, 15) is 5.11 Å². The minimum atomic E-state index is 0.141. The van der Waals surface area contributed by atoms with Crippen LogP contribution in [0, 0.1) is 5.41 Å². The predicted molar refractivity (Wildman–Crippen MR) is 66.0 cm³/mol. The van der Waals surface area contributed by atoms with E-state index in [0.717, 1.165) is 12.1 Å². The van der Waals surface area contributed by atoms with Crippen LogP contribution in [0.4, 0.5) is 0 Å². The van der Waals surface area contributed by atoms with E-state index in [-0.39, 0.29) is 18.1 Å².